The van der Waals surface area contributed by atoms with Crippen molar-refractivity contribution in [3.8, 4) is 0 Å². The molecule has 0 aliphatic carbocycles. The molecule has 80 valence electrons. The Labute approximate surface area is 91.2 Å². The molecule has 0 aliphatic rings. The maximum absolute atomic E-state index is 10.7. The fraction of sp³-hybridized carbons (Fsp3) is 0.200. The number of aryl methyl sites for hydroxylation is 1. The molecule has 0 fully saturated rings. The maximum Gasteiger partial charge on any atom is 0.151 e. The van der Waals surface area contributed by atoms with E-state index in [9.17, 15) is 4.79 Å². The maximum atomic E-state index is 10.7. The van der Waals surface area contributed by atoms with Crippen LogP contribution in [0.3, 0.4) is 0 Å². The molecule has 6 nitrogen and oxygen atoms in total. The first-order valence-corrected chi connectivity index (χ1v) is 4.69. The Bertz CT molecular complexity index is 595. The van der Waals surface area contributed by atoms with E-state index < -0.39 is 0 Å². The lowest BCUT2D eigenvalue weighted by atomic mass is 10.2. The summed E-state index contributed by atoms with van der Waals surface area (Å²) < 4.78 is 1.75. The van der Waals surface area contributed by atoms with Gasteiger partial charge in [-0.3, -0.25) is 4.79 Å². The summed E-state index contributed by atoms with van der Waals surface area (Å²) in [6, 6.07) is 1.82. The second-order valence-corrected chi connectivity index (χ2v) is 3.42. The van der Waals surface area contributed by atoms with E-state index in [1.165, 1.54) is 0 Å². The molecule has 0 bridgehead atoms. The molecule has 2 heterocycles. The van der Waals surface area contributed by atoms with E-state index in [1.54, 1.807) is 16.8 Å². The van der Waals surface area contributed by atoms with Crippen LogP contribution >= 0.6 is 0 Å². The number of hydrogen-bond donors (Lipinski definition) is 0. The van der Waals surface area contributed by atoms with Crippen LogP contribution in [0.15, 0.2) is 23.6 Å². The summed E-state index contributed by atoms with van der Waals surface area (Å²) in [6.07, 6.45) is 4.27. The molecule has 0 amide bonds. The highest BCUT2D eigenvalue weighted by Crippen LogP contribution is 2.12. The van der Waals surface area contributed by atoms with Gasteiger partial charge in [-0.25, -0.2) is 4.98 Å². The van der Waals surface area contributed by atoms with Gasteiger partial charge in [-0.15, -0.1) is 0 Å². The van der Waals surface area contributed by atoms with Gasteiger partial charge in [-0.1, -0.05) is 5.11 Å². The average molecular weight is 215 g/mol. The molecule has 0 atom stereocenters. The number of hydrogen-bond acceptors (Lipinski definition) is 3. The minimum absolute atomic E-state index is 0.216. The highest BCUT2D eigenvalue weighted by molar-refractivity contribution is 5.77. The van der Waals surface area contributed by atoms with Crippen LogP contribution in [0.5, 0.6) is 0 Å². The van der Waals surface area contributed by atoms with Crippen molar-refractivity contribution in [3.63, 3.8) is 0 Å². The fourth-order valence-corrected chi connectivity index (χ4v) is 1.50. The normalized spacial score (nSPS) is 10.1. The number of aldehydes is 1. The molecular formula is C10H9N5O. The molecule has 0 radical (unpaired) electrons. The van der Waals surface area contributed by atoms with Crippen molar-refractivity contribution >= 4 is 11.9 Å². The largest absolute Gasteiger partial charge is 0.306 e. The summed E-state index contributed by atoms with van der Waals surface area (Å²) in [5, 5.41) is 3.44. The predicted molar refractivity (Wildman–Crippen MR) is 58.2 cm³/mol. The van der Waals surface area contributed by atoms with Gasteiger partial charge in [0.25, 0.3) is 0 Å². The molecule has 2 aromatic heterocycles. The SMILES string of the molecule is Cc1cc2nc(CN=[N+]=[N-])cn2cc1C=O. The number of aromatic nitrogens is 2. The van der Waals surface area contributed by atoms with Crippen molar-refractivity contribution in [2.45, 2.75) is 13.5 Å². The third kappa shape index (κ3) is 1.74. The Hall–Kier alpha value is -2.33. The molecule has 2 aromatic rings. The van der Waals surface area contributed by atoms with Crippen LogP contribution < -0.4 is 0 Å². The van der Waals surface area contributed by atoms with Gasteiger partial charge in [0.15, 0.2) is 6.29 Å². The van der Waals surface area contributed by atoms with Crippen LogP contribution in [-0.4, -0.2) is 15.7 Å². The molecule has 0 saturated heterocycles. The standard InChI is InChI=1S/C10H9N5O/c1-7-2-10-13-9(3-12-14-11)5-15(10)4-8(7)6-16/h2,4-6H,3H2,1H3. The lowest BCUT2D eigenvalue weighted by Gasteiger charge is -1.98. The molecule has 16 heavy (non-hydrogen) atoms. The number of nitrogens with zero attached hydrogens (tertiary/aromatic N) is 5. The van der Waals surface area contributed by atoms with Crippen LogP contribution in [-0.2, 0) is 6.54 Å². The first kappa shape index (κ1) is 10.2. The first-order chi connectivity index (χ1) is 7.74. The summed E-state index contributed by atoms with van der Waals surface area (Å²) >= 11 is 0. The summed E-state index contributed by atoms with van der Waals surface area (Å²) in [4.78, 5) is 17.7. The zero-order chi connectivity index (χ0) is 11.5. The lowest BCUT2D eigenvalue weighted by Crippen LogP contribution is -1.91. The fourth-order valence-electron chi connectivity index (χ4n) is 1.50. The Balaban J connectivity index is 2.53. The third-order valence-corrected chi connectivity index (χ3v) is 2.31. The van der Waals surface area contributed by atoms with Gasteiger partial charge >= 0.3 is 0 Å². The summed E-state index contributed by atoms with van der Waals surface area (Å²) in [5.41, 5.74) is 11.1. The molecule has 0 unspecified atom stereocenters. The number of pyridine rings is 1. The van der Waals surface area contributed by atoms with Gasteiger partial charge in [0.1, 0.15) is 5.65 Å². The highest BCUT2D eigenvalue weighted by Gasteiger charge is 2.04. The molecule has 0 aliphatic heterocycles. The number of rotatable bonds is 3. The van der Waals surface area contributed by atoms with Crippen LogP contribution in [0.1, 0.15) is 21.6 Å². The van der Waals surface area contributed by atoms with Gasteiger partial charge in [-0.2, -0.15) is 0 Å². The third-order valence-electron chi connectivity index (χ3n) is 2.31. The minimum atomic E-state index is 0.216. The lowest BCUT2D eigenvalue weighted by molar-refractivity contribution is 0.112. The second kappa shape index (κ2) is 4.04. The van der Waals surface area contributed by atoms with Crippen molar-refractivity contribution in [1.29, 1.82) is 0 Å². The number of azide groups is 1. The number of imidazole rings is 1. The Kier molecular flexibility index (Phi) is 2.57. The van der Waals surface area contributed by atoms with Crippen LogP contribution in [0.4, 0.5) is 0 Å². The van der Waals surface area contributed by atoms with Crippen molar-refractivity contribution in [2.75, 3.05) is 0 Å². The molecule has 0 N–H and O–H groups in total. The van der Waals surface area contributed by atoms with E-state index in [-0.39, 0.29) is 6.54 Å². The summed E-state index contributed by atoms with van der Waals surface area (Å²) in [6.45, 7) is 2.07. The summed E-state index contributed by atoms with van der Waals surface area (Å²) in [5.74, 6) is 0. The molecule has 6 heteroatoms. The molecule has 2 rings (SSSR count). The summed E-state index contributed by atoms with van der Waals surface area (Å²) in [7, 11) is 0. The van der Waals surface area contributed by atoms with Gasteiger partial charge < -0.3 is 4.40 Å². The first-order valence-electron chi connectivity index (χ1n) is 4.69. The van der Waals surface area contributed by atoms with Crippen LogP contribution in [0.2, 0.25) is 0 Å². The second-order valence-electron chi connectivity index (χ2n) is 3.42. The van der Waals surface area contributed by atoms with E-state index >= 15 is 0 Å². The number of fused-ring (bicyclic) bond motifs is 1. The van der Waals surface area contributed by atoms with Crippen molar-refractivity contribution in [3.05, 3.63) is 45.7 Å². The zero-order valence-electron chi connectivity index (χ0n) is 8.66. The Morgan fingerprint density at radius 1 is 1.62 bits per heavy atom. The van der Waals surface area contributed by atoms with E-state index in [1.807, 2.05) is 13.0 Å². The van der Waals surface area contributed by atoms with E-state index in [0.717, 1.165) is 17.5 Å². The van der Waals surface area contributed by atoms with Crippen molar-refractivity contribution in [1.82, 2.24) is 9.38 Å². The smallest absolute Gasteiger partial charge is 0.151 e. The average Bonchev–Trinajstić information content (AvgIpc) is 2.66. The molecule has 0 spiro atoms. The van der Waals surface area contributed by atoms with Crippen LogP contribution in [0.25, 0.3) is 16.1 Å². The Morgan fingerprint density at radius 3 is 3.12 bits per heavy atom. The number of carbonyl (C=O) groups excluding carboxylic acids is 1. The quantitative estimate of drug-likeness (QED) is 0.340. The monoisotopic (exact) mass is 215 g/mol. The minimum Gasteiger partial charge on any atom is -0.306 e. The van der Waals surface area contributed by atoms with Gasteiger partial charge in [0.2, 0.25) is 0 Å². The van der Waals surface area contributed by atoms with Crippen molar-refractivity contribution in [2.24, 2.45) is 5.11 Å². The molecule has 0 aromatic carbocycles. The predicted octanol–water partition coefficient (Wildman–Crippen LogP) is 2.27. The molecule has 0 saturated carbocycles. The van der Waals surface area contributed by atoms with E-state index in [0.29, 0.717) is 11.3 Å². The van der Waals surface area contributed by atoms with Crippen LogP contribution in [0, 0.1) is 6.92 Å². The Morgan fingerprint density at radius 2 is 2.44 bits per heavy atom. The number of carbonyl (C=O) groups is 1. The van der Waals surface area contributed by atoms with Gasteiger partial charge in [0.05, 0.1) is 12.2 Å². The topological polar surface area (TPSA) is 83.1 Å². The highest BCUT2D eigenvalue weighted by atomic mass is 16.1. The zero-order valence-corrected chi connectivity index (χ0v) is 8.66. The van der Waals surface area contributed by atoms with Gasteiger partial charge in [0, 0.05) is 22.9 Å². The molecular weight excluding hydrogens is 206 g/mol. The van der Waals surface area contributed by atoms with Gasteiger partial charge in [-0.05, 0) is 24.1 Å². The van der Waals surface area contributed by atoms with Crippen molar-refractivity contribution < 1.29 is 4.79 Å². The van der Waals surface area contributed by atoms with E-state index in [4.69, 9.17) is 5.53 Å². The van der Waals surface area contributed by atoms with E-state index in [2.05, 4.69) is 15.0 Å².